The van der Waals surface area contributed by atoms with E-state index >= 15 is 0 Å². The number of hydrogen-bond donors (Lipinski definition) is 0. The first-order chi connectivity index (χ1) is 12.6. The standard InChI is InChI=1S/C18H21NO6S2/c1-26(21,22)16-7-4-14(5-8-16)6-9-18(20)19-11-17(12-19)27(23,24)13-15-3-2-10-25-15/h2-5,7-8,10,17H,6,9,11-13H2,1H3. The molecule has 146 valence electrons. The molecule has 0 N–H and O–H groups in total. The average Bonchev–Trinajstić information content (AvgIpc) is 3.03. The highest BCUT2D eigenvalue weighted by molar-refractivity contribution is 7.91. The molecule has 1 amide bonds. The molecule has 0 spiro atoms. The number of amides is 1. The second-order valence-corrected chi connectivity index (χ2v) is 11.0. The number of sulfone groups is 2. The zero-order chi connectivity index (χ0) is 19.7. The fourth-order valence-corrected chi connectivity index (χ4v) is 5.13. The minimum absolute atomic E-state index is 0.105. The van der Waals surface area contributed by atoms with Gasteiger partial charge < -0.3 is 9.32 Å². The maximum atomic E-state index is 12.3. The Morgan fingerprint density at radius 3 is 2.33 bits per heavy atom. The normalized spacial score (nSPS) is 15.5. The van der Waals surface area contributed by atoms with Gasteiger partial charge in [-0.2, -0.15) is 0 Å². The van der Waals surface area contributed by atoms with Gasteiger partial charge in [0.25, 0.3) is 0 Å². The highest BCUT2D eigenvalue weighted by atomic mass is 32.2. The van der Waals surface area contributed by atoms with E-state index in [4.69, 9.17) is 4.42 Å². The van der Waals surface area contributed by atoms with Crippen LogP contribution in [0.1, 0.15) is 17.7 Å². The summed E-state index contributed by atoms with van der Waals surface area (Å²) in [5.41, 5.74) is 0.860. The summed E-state index contributed by atoms with van der Waals surface area (Å²) in [6.07, 6.45) is 3.31. The molecule has 1 fully saturated rings. The van der Waals surface area contributed by atoms with Gasteiger partial charge in [0.2, 0.25) is 5.91 Å². The molecule has 0 radical (unpaired) electrons. The lowest BCUT2D eigenvalue weighted by Gasteiger charge is -2.38. The fourth-order valence-electron chi connectivity index (χ4n) is 2.89. The van der Waals surface area contributed by atoms with E-state index in [-0.39, 0.29) is 36.1 Å². The van der Waals surface area contributed by atoms with Crippen LogP contribution in [0.5, 0.6) is 0 Å². The van der Waals surface area contributed by atoms with E-state index in [1.165, 1.54) is 23.3 Å². The molecule has 0 saturated carbocycles. The van der Waals surface area contributed by atoms with Crippen LogP contribution in [0.3, 0.4) is 0 Å². The summed E-state index contributed by atoms with van der Waals surface area (Å²) in [5.74, 6) is 0.142. The van der Waals surface area contributed by atoms with E-state index in [0.29, 0.717) is 12.2 Å². The second kappa shape index (κ2) is 7.47. The van der Waals surface area contributed by atoms with Crippen LogP contribution < -0.4 is 0 Å². The van der Waals surface area contributed by atoms with Gasteiger partial charge in [0.15, 0.2) is 19.7 Å². The van der Waals surface area contributed by atoms with Crippen molar-refractivity contribution in [2.45, 2.75) is 28.7 Å². The lowest BCUT2D eigenvalue weighted by molar-refractivity contribution is -0.134. The van der Waals surface area contributed by atoms with E-state index in [1.54, 1.807) is 24.3 Å². The summed E-state index contributed by atoms with van der Waals surface area (Å²) in [6.45, 7) is 0.407. The fraction of sp³-hybridized carbons (Fsp3) is 0.389. The molecule has 7 nitrogen and oxygen atoms in total. The molecule has 1 saturated heterocycles. The first-order valence-corrected chi connectivity index (χ1v) is 12.1. The predicted molar refractivity (Wildman–Crippen MR) is 99.6 cm³/mol. The molecular formula is C18H21NO6S2. The Balaban J connectivity index is 1.48. The lowest BCUT2D eigenvalue weighted by Crippen LogP contribution is -2.57. The van der Waals surface area contributed by atoms with Crippen molar-refractivity contribution in [2.75, 3.05) is 19.3 Å². The maximum absolute atomic E-state index is 12.3. The molecule has 9 heteroatoms. The minimum Gasteiger partial charge on any atom is -0.468 e. The molecule has 0 bridgehead atoms. The molecule has 2 heterocycles. The van der Waals surface area contributed by atoms with E-state index in [2.05, 4.69) is 0 Å². The Labute approximate surface area is 158 Å². The molecule has 3 rings (SSSR count). The van der Waals surface area contributed by atoms with Gasteiger partial charge in [-0.25, -0.2) is 16.8 Å². The molecule has 0 aliphatic carbocycles. The molecular weight excluding hydrogens is 390 g/mol. The van der Waals surface area contributed by atoms with Gasteiger partial charge in [-0.15, -0.1) is 0 Å². The summed E-state index contributed by atoms with van der Waals surface area (Å²) >= 11 is 0. The molecule has 1 aromatic heterocycles. The summed E-state index contributed by atoms with van der Waals surface area (Å²) in [5, 5.41) is -0.555. The monoisotopic (exact) mass is 411 g/mol. The van der Waals surface area contributed by atoms with Gasteiger partial charge in [0.1, 0.15) is 11.5 Å². The third-order valence-corrected chi connectivity index (χ3v) is 7.74. The van der Waals surface area contributed by atoms with Crippen LogP contribution in [-0.4, -0.2) is 52.2 Å². The van der Waals surface area contributed by atoms with Gasteiger partial charge in [0, 0.05) is 25.8 Å². The van der Waals surface area contributed by atoms with E-state index in [0.717, 1.165) is 11.8 Å². The number of carbonyl (C=O) groups is 1. The number of rotatable bonds is 7. The first kappa shape index (κ1) is 19.6. The first-order valence-electron chi connectivity index (χ1n) is 8.46. The third-order valence-electron chi connectivity index (χ3n) is 4.61. The van der Waals surface area contributed by atoms with Crippen molar-refractivity contribution in [1.82, 2.24) is 4.90 Å². The van der Waals surface area contributed by atoms with Gasteiger partial charge in [-0.3, -0.25) is 4.79 Å². The number of aryl methyl sites for hydroxylation is 1. The number of nitrogens with zero attached hydrogens (tertiary/aromatic N) is 1. The van der Waals surface area contributed by atoms with E-state index in [1.807, 2.05) is 0 Å². The average molecular weight is 412 g/mol. The largest absolute Gasteiger partial charge is 0.468 e. The summed E-state index contributed by atoms with van der Waals surface area (Å²) < 4.78 is 52.6. The van der Waals surface area contributed by atoms with Gasteiger partial charge in [-0.1, -0.05) is 12.1 Å². The van der Waals surface area contributed by atoms with Crippen LogP contribution >= 0.6 is 0 Å². The van der Waals surface area contributed by atoms with Crippen molar-refractivity contribution in [3.05, 3.63) is 54.0 Å². The Morgan fingerprint density at radius 1 is 1.11 bits per heavy atom. The molecule has 2 aromatic rings. The third kappa shape index (κ3) is 4.78. The quantitative estimate of drug-likeness (QED) is 0.683. The lowest BCUT2D eigenvalue weighted by atomic mass is 10.1. The van der Waals surface area contributed by atoms with Crippen LogP contribution in [0.15, 0.2) is 52.0 Å². The summed E-state index contributed by atoms with van der Waals surface area (Å²) in [7, 11) is -6.58. The topological polar surface area (TPSA) is 102 Å². The highest BCUT2D eigenvalue weighted by Gasteiger charge is 2.39. The van der Waals surface area contributed by atoms with Crippen molar-refractivity contribution >= 4 is 25.6 Å². The minimum atomic E-state index is -3.34. The Morgan fingerprint density at radius 2 is 1.78 bits per heavy atom. The number of likely N-dealkylation sites (tertiary alicyclic amines) is 1. The second-order valence-electron chi connectivity index (χ2n) is 6.72. The smallest absolute Gasteiger partial charge is 0.222 e. The van der Waals surface area contributed by atoms with Crippen molar-refractivity contribution in [2.24, 2.45) is 0 Å². The number of hydrogen-bond acceptors (Lipinski definition) is 6. The van der Waals surface area contributed by atoms with Gasteiger partial charge >= 0.3 is 0 Å². The number of carbonyl (C=O) groups excluding carboxylic acids is 1. The van der Waals surface area contributed by atoms with Crippen LogP contribution in [0.2, 0.25) is 0 Å². The molecule has 0 atom stereocenters. The molecule has 1 aliphatic rings. The zero-order valence-corrected chi connectivity index (χ0v) is 16.5. The maximum Gasteiger partial charge on any atom is 0.222 e. The van der Waals surface area contributed by atoms with Crippen LogP contribution in [-0.2, 0) is 36.6 Å². The summed E-state index contributed by atoms with van der Waals surface area (Å²) in [4.78, 5) is 14.0. The zero-order valence-electron chi connectivity index (χ0n) is 14.9. The SMILES string of the molecule is CS(=O)(=O)c1ccc(CCC(=O)N2CC(S(=O)(=O)Cc3ccco3)C2)cc1. The molecule has 27 heavy (non-hydrogen) atoms. The predicted octanol–water partition coefficient (Wildman–Crippen LogP) is 1.44. The Kier molecular flexibility index (Phi) is 5.43. The summed E-state index contributed by atoms with van der Waals surface area (Å²) in [6, 6.07) is 9.69. The van der Waals surface area contributed by atoms with Gasteiger partial charge in [-0.05, 0) is 36.2 Å². The van der Waals surface area contributed by atoms with Crippen molar-refractivity contribution < 1.29 is 26.0 Å². The Hall–Kier alpha value is -2.13. The van der Waals surface area contributed by atoms with E-state index < -0.39 is 24.9 Å². The van der Waals surface area contributed by atoms with Crippen molar-refractivity contribution in [3.63, 3.8) is 0 Å². The van der Waals surface area contributed by atoms with Crippen molar-refractivity contribution in [1.29, 1.82) is 0 Å². The van der Waals surface area contributed by atoms with Crippen LogP contribution in [0.25, 0.3) is 0 Å². The highest BCUT2D eigenvalue weighted by Crippen LogP contribution is 2.22. The van der Waals surface area contributed by atoms with Gasteiger partial charge in [0.05, 0.1) is 16.4 Å². The van der Waals surface area contributed by atoms with E-state index in [9.17, 15) is 21.6 Å². The van der Waals surface area contributed by atoms with Crippen LogP contribution in [0.4, 0.5) is 0 Å². The number of benzene rings is 1. The Bertz CT molecular complexity index is 1000. The molecule has 1 aromatic carbocycles. The number of furan rings is 1. The molecule has 1 aliphatic heterocycles. The van der Waals surface area contributed by atoms with Crippen molar-refractivity contribution in [3.8, 4) is 0 Å². The van der Waals surface area contributed by atoms with Crippen LogP contribution in [0, 0.1) is 0 Å². The molecule has 0 unspecified atom stereocenters.